The zero-order valence-corrected chi connectivity index (χ0v) is 19.2. The molecule has 0 saturated carbocycles. The van der Waals surface area contributed by atoms with Crippen LogP contribution in [0.25, 0.3) is 39.4 Å². The quantitative estimate of drug-likeness (QED) is 0.278. The van der Waals surface area contributed by atoms with Gasteiger partial charge in [0.25, 0.3) is 0 Å². The number of fused-ring (bicyclic) bond motifs is 1. The Morgan fingerprint density at radius 3 is 2.12 bits per heavy atom. The smallest absolute Gasteiger partial charge is 0.145 e. The summed E-state index contributed by atoms with van der Waals surface area (Å²) in [6.07, 6.45) is 5.21. The maximum Gasteiger partial charge on any atom is 0.145 e. The highest BCUT2D eigenvalue weighted by atomic mass is 15.1. The van der Waals surface area contributed by atoms with Gasteiger partial charge in [-0.1, -0.05) is 97.9 Å². The summed E-state index contributed by atoms with van der Waals surface area (Å²) in [5.41, 5.74) is 14.7. The van der Waals surface area contributed by atoms with Crippen molar-refractivity contribution in [3.8, 4) is 17.1 Å². The molecule has 0 atom stereocenters. The SMILES string of the molecule is CC/C=C(\C=C(/N)c1ccccc1)c1ccc(-n2c(-c3ccccc3)nc3ccccc32)cc1. The molecule has 4 aromatic carbocycles. The topological polar surface area (TPSA) is 43.8 Å². The van der Waals surface area contributed by atoms with Gasteiger partial charge in [0.15, 0.2) is 0 Å². The molecule has 0 amide bonds. The Hall–Kier alpha value is -4.37. The molecule has 3 nitrogen and oxygen atoms in total. The summed E-state index contributed by atoms with van der Waals surface area (Å²) in [7, 11) is 0. The van der Waals surface area contributed by atoms with Crippen molar-refractivity contribution in [2.24, 2.45) is 5.73 Å². The molecular formula is C31H27N3. The fourth-order valence-corrected chi connectivity index (χ4v) is 4.23. The largest absolute Gasteiger partial charge is 0.398 e. The zero-order valence-electron chi connectivity index (χ0n) is 19.2. The van der Waals surface area contributed by atoms with Crippen LogP contribution in [0.5, 0.6) is 0 Å². The van der Waals surface area contributed by atoms with Crippen LogP contribution >= 0.6 is 0 Å². The number of imidazole rings is 1. The molecule has 34 heavy (non-hydrogen) atoms. The van der Waals surface area contributed by atoms with Gasteiger partial charge in [0.05, 0.1) is 11.0 Å². The van der Waals surface area contributed by atoms with E-state index in [-0.39, 0.29) is 0 Å². The predicted molar refractivity (Wildman–Crippen MR) is 143 cm³/mol. The lowest BCUT2D eigenvalue weighted by Gasteiger charge is -2.12. The maximum absolute atomic E-state index is 6.42. The Kier molecular flexibility index (Phi) is 6.09. The highest BCUT2D eigenvalue weighted by Gasteiger charge is 2.14. The van der Waals surface area contributed by atoms with Gasteiger partial charge < -0.3 is 5.73 Å². The van der Waals surface area contributed by atoms with E-state index in [0.29, 0.717) is 0 Å². The number of nitrogens with two attached hydrogens (primary N) is 1. The van der Waals surface area contributed by atoms with E-state index in [0.717, 1.165) is 56.9 Å². The van der Waals surface area contributed by atoms with Crippen LogP contribution in [-0.2, 0) is 0 Å². The normalized spacial score (nSPS) is 12.3. The van der Waals surface area contributed by atoms with Crippen molar-refractivity contribution < 1.29 is 0 Å². The molecule has 3 heteroatoms. The van der Waals surface area contributed by atoms with E-state index in [4.69, 9.17) is 10.7 Å². The second-order valence-corrected chi connectivity index (χ2v) is 8.21. The monoisotopic (exact) mass is 441 g/mol. The van der Waals surface area contributed by atoms with Crippen LogP contribution in [0.15, 0.2) is 121 Å². The third kappa shape index (κ3) is 4.28. The van der Waals surface area contributed by atoms with E-state index in [1.54, 1.807) is 0 Å². The van der Waals surface area contributed by atoms with E-state index in [9.17, 15) is 0 Å². The molecule has 0 bridgehead atoms. The van der Waals surface area contributed by atoms with Crippen molar-refractivity contribution in [3.05, 3.63) is 132 Å². The summed E-state index contributed by atoms with van der Waals surface area (Å²) in [5.74, 6) is 0.937. The van der Waals surface area contributed by atoms with E-state index in [1.165, 1.54) is 0 Å². The number of allylic oxidation sites excluding steroid dienone is 3. The minimum atomic E-state index is 0.761. The lowest BCUT2D eigenvalue weighted by Crippen LogP contribution is -1.99. The molecule has 5 rings (SSSR count). The van der Waals surface area contributed by atoms with Crippen LogP contribution in [0.4, 0.5) is 0 Å². The van der Waals surface area contributed by atoms with Crippen molar-refractivity contribution >= 4 is 22.3 Å². The van der Waals surface area contributed by atoms with Gasteiger partial charge in [0.2, 0.25) is 0 Å². The number of para-hydroxylation sites is 2. The fraction of sp³-hybridized carbons (Fsp3) is 0.0645. The number of hydrogen-bond donors (Lipinski definition) is 1. The average molecular weight is 442 g/mol. The predicted octanol–water partition coefficient (Wildman–Crippen LogP) is 7.49. The van der Waals surface area contributed by atoms with Crippen molar-refractivity contribution in [2.75, 3.05) is 0 Å². The fourth-order valence-electron chi connectivity index (χ4n) is 4.23. The zero-order chi connectivity index (χ0) is 23.3. The molecule has 1 aromatic heterocycles. The first-order chi connectivity index (χ1) is 16.7. The highest BCUT2D eigenvalue weighted by Crippen LogP contribution is 2.30. The summed E-state index contributed by atoms with van der Waals surface area (Å²) in [6, 6.07) is 37.3. The van der Waals surface area contributed by atoms with Crippen LogP contribution in [-0.4, -0.2) is 9.55 Å². The Balaban J connectivity index is 1.56. The van der Waals surface area contributed by atoms with Crippen molar-refractivity contribution in [1.82, 2.24) is 9.55 Å². The average Bonchev–Trinajstić information content (AvgIpc) is 3.29. The van der Waals surface area contributed by atoms with Crippen molar-refractivity contribution in [2.45, 2.75) is 13.3 Å². The molecule has 5 aromatic rings. The van der Waals surface area contributed by atoms with E-state index in [1.807, 2.05) is 54.6 Å². The number of aromatic nitrogens is 2. The number of hydrogen-bond acceptors (Lipinski definition) is 2. The van der Waals surface area contributed by atoms with E-state index >= 15 is 0 Å². The van der Waals surface area contributed by atoms with Gasteiger partial charge in [-0.25, -0.2) is 4.98 Å². The van der Waals surface area contributed by atoms with Gasteiger partial charge in [0.1, 0.15) is 5.82 Å². The minimum Gasteiger partial charge on any atom is -0.398 e. The number of rotatable bonds is 6. The molecule has 0 aliphatic carbocycles. The van der Waals surface area contributed by atoms with Gasteiger partial charge in [-0.2, -0.15) is 0 Å². The molecule has 0 radical (unpaired) electrons. The van der Waals surface area contributed by atoms with Crippen molar-refractivity contribution in [1.29, 1.82) is 0 Å². The Morgan fingerprint density at radius 1 is 0.765 bits per heavy atom. The van der Waals surface area contributed by atoms with E-state index < -0.39 is 0 Å². The van der Waals surface area contributed by atoms with Crippen LogP contribution in [0.3, 0.4) is 0 Å². The van der Waals surface area contributed by atoms with Gasteiger partial charge in [0, 0.05) is 16.9 Å². The van der Waals surface area contributed by atoms with Crippen LogP contribution < -0.4 is 5.73 Å². The third-order valence-corrected chi connectivity index (χ3v) is 5.89. The van der Waals surface area contributed by atoms with Gasteiger partial charge in [-0.3, -0.25) is 4.57 Å². The molecule has 0 fully saturated rings. The second-order valence-electron chi connectivity index (χ2n) is 8.21. The maximum atomic E-state index is 6.42. The third-order valence-electron chi connectivity index (χ3n) is 5.89. The van der Waals surface area contributed by atoms with Crippen LogP contribution in [0.1, 0.15) is 24.5 Å². The second kappa shape index (κ2) is 9.63. The Bertz CT molecular complexity index is 1460. The summed E-state index contributed by atoms with van der Waals surface area (Å²) >= 11 is 0. The molecule has 0 unspecified atom stereocenters. The Morgan fingerprint density at radius 2 is 1.41 bits per heavy atom. The van der Waals surface area contributed by atoms with Gasteiger partial charge >= 0.3 is 0 Å². The first kappa shape index (κ1) is 21.5. The Labute approximate surface area is 200 Å². The summed E-state index contributed by atoms with van der Waals surface area (Å²) < 4.78 is 2.23. The molecule has 2 N–H and O–H groups in total. The van der Waals surface area contributed by atoms with Crippen LogP contribution in [0.2, 0.25) is 0 Å². The highest BCUT2D eigenvalue weighted by molar-refractivity contribution is 5.85. The summed E-state index contributed by atoms with van der Waals surface area (Å²) in [5, 5.41) is 0. The van der Waals surface area contributed by atoms with Gasteiger partial charge in [-0.05, 0) is 53.5 Å². The lowest BCUT2D eigenvalue weighted by atomic mass is 10.0. The first-order valence-corrected chi connectivity index (χ1v) is 11.6. The molecule has 0 spiro atoms. The molecular weight excluding hydrogens is 414 g/mol. The van der Waals surface area contributed by atoms with Gasteiger partial charge in [-0.15, -0.1) is 0 Å². The molecule has 0 saturated heterocycles. The summed E-state index contributed by atoms with van der Waals surface area (Å²) in [4.78, 5) is 4.94. The molecule has 0 aliphatic heterocycles. The van der Waals surface area contributed by atoms with E-state index in [2.05, 4.69) is 78.2 Å². The number of nitrogens with zero attached hydrogens (tertiary/aromatic N) is 2. The van der Waals surface area contributed by atoms with Crippen molar-refractivity contribution in [3.63, 3.8) is 0 Å². The summed E-state index contributed by atoms with van der Waals surface area (Å²) in [6.45, 7) is 2.14. The molecule has 166 valence electrons. The van der Waals surface area contributed by atoms with Crippen LogP contribution in [0, 0.1) is 0 Å². The number of benzene rings is 4. The molecule has 0 aliphatic rings. The standard InChI is InChI=1S/C31H27N3/c1-2-11-26(22-28(32)24-12-5-3-6-13-24)23-18-20-27(21-19-23)34-30-17-10-9-16-29(30)33-31(34)25-14-7-4-8-15-25/h3-22H,2,32H2,1H3/b26-11+,28-22-. The lowest BCUT2D eigenvalue weighted by molar-refractivity contribution is 1.10. The minimum absolute atomic E-state index is 0.761. The molecule has 1 heterocycles. The first-order valence-electron chi connectivity index (χ1n) is 11.6.